The second-order valence-corrected chi connectivity index (χ2v) is 5.85. The molecule has 2 rings (SSSR count). The van der Waals surface area contributed by atoms with Crippen LogP contribution in [0.4, 0.5) is 0 Å². The van der Waals surface area contributed by atoms with E-state index in [1.807, 2.05) is 6.26 Å². The molecular weight excluding hydrogens is 234 g/mol. The second-order valence-electron chi connectivity index (χ2n) is 5.85. The molecule has 1 aromatic heterocycles. The Balaban J connectivity index is 2.19. The Kier molecular flexibility index (Phi) is 4.65. The number of benzene rings is 1. The summed E-state index contributed by atoms with van der Waals surface area (Å²) in [6, 6.07) is 6.58. The SMILES string of the molecule is CCC(C)c1ccc2occ(CNCC(C)C)c2c1. The summed E-state index contributed by atoms with van der Waals surface area (Å²) in [7, 11) is 0. The minimum Gasteiger partial charge on any atom is -0.464 e. The van der Waals surface area contributed by atoms with Gasteiger partial charge in [0.2, 0.25) is 0 Å². The van der Waals surface area contributed by atoms with Crippen LogP contribution in [0.1, 0.15) is 51.2 Å². The van der Waals surface area contributed by atoms with Crippen LogP contribution in [0.5, 0.6) is 0 Å². The Morgan fingerprint density at radius 1 is 1.21 bits per heavy atom. The van der Waals surface area contributed by atoms with Gasteiger partial charge in [0.15, 0.2) is 0 Å². The van der Waals surface area contributed by atoms with Crippen molar-refractivity contribution in [3.05, 3.63) is 35.6 Å². The first-order valence-electron chi connectivity index (χ1n) is 7.32. The molecule has 0 radical (unpaired) electrons. The van der Waals surface area contributed by atoms with Gasteiger partial charge in [-0.2, -0.15) is 0 Å². The Morgan fingerprint density at radius 2 is 2.00 bits per heavy atom. The summed E-state index contributed by atoms with van der Waals surface area (Å²) in [5.74, 6) is 1.28. The van der Waals surface area contributed by atoms with Crippen molar-refractivity contribution in [1.82, 2.24) is 5.32 Å². The van der Waals surface area contributed by atoms with Gasteiger partial charge in [-0.15, -0.1) is 0 Å². The summed E-state index contributed by atoms with van der Waals surface area (Å²) in [5.41, 5.74) is 3.66. The molecule has 0 aliphatic heterocycles. The average molecular weight is 259 g/mol. The largest absolute Gasteiger partial charge is 0.464 e. The van der Waals surface area contributed by atoms with Crippen LogP contribution in [0, 0.1) is 5.92 Å². The van der Waals surface area contributed by atoms with Gasteiger partial charge in [-0.3, -0.25) is 0 Å². The highest BCUT2D eigenvalue weighted by Gasteiger charge is 2.09. The van der Waals surface area contributed by atoms with Crippen molar-refractivity contribution in [2.45, 2.75) is 46.6 Å². The summed E-state index contributed by atoms with van der Waals surface area (Å²) in [6.07, 6.45) is 3.06. The van der Waals surface area contributed by atoms with Gasteiger partial charge in [0.05, 0.1) is 6.26 Å². The van der Waals surface area contributed by atoms with Crippen LogP contribution >= 0.6 is 0 Å². The molecule has 1 unspecified atom stereocenters. The lowest BCUT2D eigenvalue weighted by Gasteiger charge is -2.09. The van der Waals surface area contributed by atoms with E-state index >= 15 is 0 Å². The van der Waals surface area contributed by atoms with Gasteiger partial charge in [-0.05, 0) is 42.5 Å². The maximum Gasteiger partial charge on any atom is 0.134 e. The number of hydrogen-bond acceptors (Lipinski definition) is 2. The summed E-state index contributed by atoms with van der Waals surface area (Å²) >= 11 is 0. The fourth-order valence-electron chi connectivity index (χ4n) is 2.27. The van der Waals surface area contributed by atoms with Gasteiger partial charge in [0.1, 0.15) is 5.58 Å². The van der Waals surface area contributed by atoms with Crippen molar-refractivity contribution in [3.8, 4) is 0 Å². The van der Waals surface area contributed by atoms with Gasteiger partial charge in [-0.1, -0.05) is 33.8 Å². The zero-order valence-electron chi connectivity index (χ0n) is 12.5. The Bertz CT molecular complexity index is 527. The first kappa shape index (κ1) is 14.1. The zero-order chi connectivity index (χ0) is 13.8. The molecule has 0 spiro atoms. The van der Waals surface area contributed by atoms with Crippen LogP contribution in [0.15, 0.2) is 28.9 Å². The van der Waals surface area contributed by atoms with Gasteiger partial charge in [0.25, 0.3) is 0 Å². The molecule has 19 heavy (non-hydrogen) atoms. The highest BCUT2D eigenvalue weighted by Crippen LogP contribution is 2.27. The first-order valence-corrected chi connectivity index (χ1v) is 7.32. The smallest absolute Gasteiger partial charge is 0.134 e. The van der Waals surface area contributed by atoms with Crippen LogP contribution < -0.4 is 5.32 Å². The fraction of sp³-hybridized carbons (Fsp3) is 0.529. The predicted molar refractivity (Wildman–Crippen MR) is 81.5 cm³/mol. The number of furan rings is 1. The van der Waals surface area contributed by atoms with E-state index in [2.05, 4.69) is 51.2 Å². The topological polar surface area (TPSA) is 25.2 Å². The Labute approximate surface area is 116 Å². The van der Waals surface area contributed by atoms with Crippen molar-refractivity contribution in [2.75, 3.05) is 6.54 Å². The van der Waals surface area contributed by atoms with E-state index < -0.39 is 0 Å². The molecule has 0 amide bonds. The summed E-state index contributed by atoms with van der Waals surface area (Å²) in [6.45, 7) is 10.9. The molecule has 0 saturated heterocycles. The predicted octanol–water partition coefficient (Wildman–Crippen LogP) is 4.69. The standard InChI is InChI=1S/C17H25NO/c1-5-13(4)14-6-7-17-16(8-14)15(11-19-17)10-18-9-12(2)3/h6-8,11-13,18H,5,9-10H2,1-4H3. The normalized spacial score (nSPS) is 13.3. The summed E-state index contributed by atoms with van der Waals surface area (Å²) in [4.78, 5) is 0. The van der Waals surface area contributed by atoms with E-state index in [-0.39, 0.29) is 0 Å². The minimum absolute atomic E-state index is 0.607. The Morgan fingerprint density at radius 3 is 2.68 bits per heavy atom. The first-order chi connectivity index (χ1) is 9.11. The Hall–Kier alpha value is -1.28. The summed E-state index contributed by atoms with van der Waals surface area (Å²) < 4.78 is 5.63. The quantitative estimate of drug-likeness (QED) is 0.814. The molecule has 2 nitrogen and oxygen atoms in total. The van der Waals surface area contributed by atoms with Crippen molar-refractivity contribution in [2.24, 2.45) is 5.92 Å². The molecule has 0 aliphatic carbocycles. The summed E-state index contributed by atoms with van der Waals surface area (Å²) in [5, 5.41) is 4.74. The number of nitrogens with one attached hydrogen (secondary N) is 1. The molecule has 1 N–H and O–H groups in total. The monoisotopic (exact) mass is 259 g/mol. The third-order valence-corrected chi connectivity index (χ3v) is 3.73. The van der Waals surface area contributed by atoms with Crippen LogP contribution in [-0.2, 0) is 6.54 Å². The van der Waals surface area contributed by atoms with E-state index in [0.717, 1.165) is 18.7 Å². The van der Waals surface area contributed by atoms with Gasteiger partial charge >= 0.3 is 0 Å². The van der Waals surface area contributed by atoms with Gasteiger partial charge in [0, 0.05) is 17.5 Å². The molecule has 0 bridgehead atoms. The minimum atomic E-state index is 0.607. The van der Waals surface area contributed by atoms with Crippen LogP contribution in [0.2, 0.25) is 0 Å². The molecule has 0 fully saturated rings. The van der Waals surface area contributed by atoms with E-state index in [4.69, 9.17) is 4.42 Å². The van der Waals surface area contributed by atoms with E-state index in [9.17, 15) is 0 Å². The third kappa shape index (κ3) is 3.38. The van der Waals surface area contributed by atoms with Crippen LogP contribution in [0.25, 0.3) is 11.0 Å². The lowest BCUT2D eigenvalue weighted by atomic mass is 9.97. The van der Waals surface area contributed by atoms with Crippen molar-refractivity contribution in [1.29, 1.82) is 0 Å². The number of rotatable bonds is 6. The third-order valence-electron chi connectivity index (χ3n) is 3.73. The maximum atomic E-state index is 5.63. The molecule has 0 aliphatic rings. The van der Waals surface area contributed by atoms with Crippen molar-refractivity contribution >= 4 is 11.0 Å². The van der Waals surface area contributed by atoms with Gasteiger partial charge < -0.3 is 9.73 Å². The lowest BCUT2D eigenvalue weighted by Crippen LogP contribution is -2.18. The van der Waals surface area contributed by atoms with E-state index in [1.54, 1.807) is 0 Å². The molecule has 0 saturated carbocycles. The van der Waals surface area contributed by atoms with Crippen LogP contribution in [-0.4, -0.2) is 6.54 Å². The van der Waals surface area contributed by atoms with E-state index in [1.165, 1.54) is 22.9 Å². The van der Waals surface area contributed by atoms with Crippen molar-refractivity contribution in [3.63, 3.8) is 0 Å². The maximum absolute atomic E-state index is 5.63. The van der Waals surface area contributed by atoms with Crippen molar-refractivity contribution < 1.29 is 4.42 Å². The average Bonchev–Trinajstić information content (AvgIpc) is 2.80. The van der Waals surface area contributed by atoms with E-state index in [0.29, 0.717) is 11.8 Å². The van der Waals surface area contributed by atoms with Gasteiger partial charge in [-0.25, -0.2) is 0 Å². The molecule has 1 aromatic carbocycles. The molecule has 2 aromatic rings. The molecule has 104 valence electrons. The molecular formula is C17H25NO. The second kappa shape index (κ2) is 6.25. The highest BCUT2D eigenvalue weighted by atomic mass is 16.3. The molecule has 1 heterocycles. The number of hydrogen-bond donors (Lipinski definition) is 1. The lowest BCUT2D eigenvalue weighted by molar-refractivity contribution is 0.547. The van der Waals surface area contributed by atoms with Crippen LogP contribution in [0.3, 0.4) is 0 Å². The molecule has 1 atom stereocenters. The molecule has 2 heteroatoms. The zero-order valence-corrected chi connectivity index (χ0v) is 12.5. The fourth-order valence-corrected chi connectivity index (χ4v) is 2.27. The highest BCUT2D eigenvalue weighted by molar-refractivity contribution is 5.81. The number of fused-ring (bicyclic) bond motifs is 1.